The van der Waals surface area contributed by atoms with E-state index in [-0.39, 0.29) is 0 Å². The lowest BCUT2D eigenvalue weighted by molar-refractivity contribution is 1.42. The number of benzene rings is 2. The molecule has 19 heavy (non-hydrogen) atoms. The molecule has 2 aromatic rings. The third-order valence-corrected chi connectivity index (χ3v) is 3.40. The van der Waals surface area contributed by atoms with E-state index in [1.807, 2.05) is 47.9 Å². The normalized spacial score (nSPS) is 10.5. The highest BCUT2D eigenvalue weighted by molar-refractivity contribution is 8.02. The highest BCUT2D eigenvalue weighted by atomic mass is 32.2. The molecule has 0 atom stereocenters. The number of thioether (sulfide) groups is 1. The molecule has 0 saturated carbocycles. The number of nitriles is 2. The molecule has 90 valence electrons. The van der Waals surface area contributed by atoms with Gasteiger partial charge in [0.2, 0.25) is 0 Å². The first-order valence-corrected chi connectivity index (χ1v) is 6.54. The highest BCUT2D eigenvalue weighted by Crippen LogP contribution is 2.24. The van der Waals surface area contributed by atoms with E-state index in [0.29, 0.717) is 11.1 Å². The fourth-order valence-electron chi connectivity index (χ4n) is 1.51. The van der Waals surface area contributed by atoms with E-state index in [0.717, 1.165) is 10.5 Å². The molecule has 3 heteroatoms. The Kier molecular flexibility index (Phi) is 4.39. The fraction of sp³-hybridized carbons (Fsp3) is 0. The van der Waals surface area contributed by atoms with Crippen molar-refractivity contribution in [1.29, 1.82) is 10.5 Å². The minimum absolute atomic E-state index is 0.634. The average molecular weight is 262 g/mol. The lowest BCUT2D eigenvalue weighted by Gasteiger charge is -1.99. The molecule has 2 aromatic carbocycles. The molecule has 0 N–H and O–H groups in total. The van der Waals surface area contributed by atoms with E-state index in [1.165, 1.54) is 11.8 Å². The zero-order valence-electron chi connectivity index (χ0n) is 10.1. The van der Waals surface area contributed by atoms with E-state index in [1.54, 1.807) is 12.1 Å². The predicted octanol–water partition coefficient (Wildman–Crippen LogP) is 4.22. The molecular weight excluding hydrogens is 252 g/mol. The molecule has 0 aliphatic rings. The summed E-state index contributed by atoms with van der Waals surface area (Å²) in [6.45, 7) is 0. The van der Waals surface area contributed by atoms with Crippen LogP contribution in [-0.4, -0.2) is 0 Å². The van der Waals surface area contributed by atoms with Gasteiger partial charge in [0.25, 0.3) is 0 Å². The minimum atomic E-state index is 0.634. The van der Waals surface area contributed by atoms with Crippen LogP contribution in [0.5, 0.6) is 0 Å². The van der Waals surface area contributed by atoms with Crippen LogP contribution in [0, 0.1) is 22.7 Å². The minimum Gasteiger partial charge on any atom is -0.192 e. The largest absolute Gasteiger partial charge is 0.192 e. The van der Waals surface area contributed by atoms with E-state index in [2.05, 4.69) is 12.1 Å². The van der Waals surface area contributed by atoms with Gasteiger partial charge in [-0.3, -0.25) is 0 Å². The molecule has 0 aromatic heterocycles. The molecule has 0 amide bonds. The Balaban J connectivity index is 2.17. The standard InChI is InChI=1S/C16H10N2S/c17-10-13-6-8-16(9-7-13)19-12-15(11-18)14-4-2-1-3-5-14/h1-9,12H/b15-12-. The van der Waals surface area contributed by atoms with E-state index in [9.17, 15) is 0 Å². The summed E-state index contributed by atoms with van der Waals surface area (Å²) in [5, 5.41) is 19.7. The van der Waals surface area contributed by atoms with Crippen molar-refractivity contribution < 1.29 is 0 Å². The van der Waals surface area contributed by atoms with Crippen LogP contribution < -0.4 is 0 Å². The Morgan fingerprint density at radius 2 is 1.63 bits per heavy atom. The van der Waals surface area contributed by atoms with Crippen LogP contribution in [0.25, 0.3) is 5.57 Å². The van der Waals surface area contributed by atoms with E-state index in [4.69, 9.17) is 10.5 Å². The second-order valence-electron chi connectivity index (χ2n) is 3.76. The van der Waals surface area contributed by atoms with E-state index < -0.39 is 0 Å². The van der Waals surface area contributed by atoms with Gasteiger partial charge >= 0.3 is 0 Å². The summed E-state index contributed by atoms with van der Waals surface area (Å²) in [7, 11) is 0. The van der Waals surface area contributed by atoms with Crippen LogP contribution in [0.2, 0.25) is 0 Å². The lowest BCUT2D eigenvalue weighted by atomic mass is 10.1. The first-order chi connectivity index (χ1) is 9.33. The maximum Gasteiger partial charge on any atom is 0.100 e. The van der Waals surface area contributed by atoms with Crippen molar-refractivity contribution in [3.8, 4) is 12.1 Å². The number of nitrogens with zero attached hydrogens (tertiary/aromatic N) is 2. The average Bonchev–Trinajstić information content (AvgIpc) is 2.49. The van der Waals surface area contributed by atoms with Gasteiger partial charge in [-0.05, 0) is 35.2 Å². The Labute approximate surface area is 116 Å². The van der Waals surface area contributed by atoms with Crippen molar-refractivity contribution in [3.05, 3.63) is 71.1 Å². The predicted molar refractivity (Wildman–Crippen MR) is 77.0 cm³/mol. The monoisotopic (exact) mass is 262 g/mol. The molecule has 0 aliphatic carbocycles. The molecule has 2 nitrogen and oxygen atoms in total. The van der Waals surface area contributed by atoms with Gasteiger partial charge in [-0.25, -0.2) is 0 Å². The summed E-state index contributed by atoms with van der Waals surface area (Å²) in [5.41, 5.74) is 2.18. The molecule has 0 spiro atoms. The van der Waals surface area contributed by atoms with Gasteiger partial charge < -0.3 is 0 Å². The summed E-state index contributed by atoms with van der Waals surface area (Å²) in [5.74, 6) is 0. The maximum atomic E-state index is 9.16. The fourth-order valence-corrected chi connectivity index (χ4v) is 2.25. The van der Waals surface area contributed by atoms with Gasteiger partial charge in [0.15, 0.2) is 0 Å². The molecule has 0 radical (unpaired) electrons. The Bertz CT molecular complexity index is 659. The van der Waals surface area contributed by atoms with Crippen molar-refractivity contribution in [2.75, 3.05) is 0 Å². The molecule has 2 rings (SSSR count). The van der Waals surface area contributed by atoms with Crippen LogP contribution in [0.4, 0.5) is 0 Å². The smallest absolute Gasteiger partial charge is 0.100 e. The number of hydrogen-bond donors (Lipinski definition) is 0. The van der Waals surface area contributed by atoms with Crippen LogP contribution in [-0.2, 0) is 0 Å². The lowest BCUT2D eigenvalue weighted by Crippen LogP contribution is -1.79. The summed E-state index contributed by atoms with van der Waals surface area (Å²) in [6.07, 6.45) is 0. The van der Waals surface area contributed by atoms with Gasteiger partial charge in [0, 0.05) is 4.90 Å². The summed E-state index contributed by atoms with van der Waals surface area (Å²) < 4.78 is 0. The SMILES string of the molecule is N#C/C(=C/Sc1ccc(C#N)cc1)c1ccccc1. The van der Waals surface area contributed by atoms with Crippen LogP contribution in [0.1, 0.15) is 11.1 Å². The quantitative estimate of drug-likeness (QED) is 0.614. The Morgan fingerprint density at radius 3 is 2.21 bits per heavy atom. The van der Waals surface area contributed by atoms with Gasteiger partial charge in [0.1, 0.15) is 6.07 Å². The third kappa shape index (κ3) is 3.48. The van der Waals surface area contributed by atoms with Gasteiger partial charge in [-0.1, -0.05) is 42.1 Å². The van der Waals surface area contributed by atoms with Gasteiger partial charge in [-0.2, -0.15) is 10.5 Å². The summed E-state index contributed by atoms with van der Waals surface area (Å²) >= 11 is 1.47. The molecule has 0 saturated heterocycles. The number of hydrogen-bond acceptors (Lipinski definition) is 3. The number of allylic oxidation sites excluding steroid dienone is 1. The van der Waals surface area contributed by atoms with Crippen molar-refractivity contribution in [1.82, 2.24) is 0 Å². The second kappa shape index (κ2) is 6.44. The van der Waals surface area contributed by atoms with Gasteiger partial charge in [-0.15, -0.1) is 0 Å². The first-order valence-electron chi connectivity index (χ1n) is 5.66. The third-order valence-electron chi connectivity index (χ3n) is 2.50. The van der Waals surface area contributed by atoms with Crippen LogP contribution in [0.3, 0.4) is 0 Å². The molecule has 0 unspecified atom stereocenters. The molecule has 0 heterocycles. The molecular formula is C16H10N2S. The molecule has 0 bridgehead atoms. The van der Waals surface area contributed by atoms with Crippen molar-refractivity contribution in [2.45, 2.75) is 4.90 Å². The number of rotatable bonds is 3. The van der Waals surface area contributed by atoms with Gasteiger partial charge in [0.05, 0.1) is 17.2 Å². The zero-order valence-corrected chi connectivity index (χ0v) is 10.9. The van der Waals surface area contributed by atoms with Crippen molar-refractivity contribution >= 4 is 17.3 Å². The summed E-state index contributed by atoms with van der Waals surface area (Å²) in [6, 6.07) is 21.1. The highest BCUT2D eigenvalue weighted by Gasteiger charge is 2.00. The molecule has 0 fully saturated rings. The maximum absolute atomic E-state index is 9.16. The van der Waals surface area contributed by atoms with E-state index >= 15 is 0 Å². The Hall–Kier alpha value is -2.49. The topological polar surface area (TPSA) is 47.6 Å². The molecule has 0 aliphatic heterocycles. The van der Waals surface area contributed by atoms with Crippen molar-refractivity contribution in [2.24, 2.45) is 0 Å². The Morgan fingerprint density at radius 1 is 0.947 bits per heavy atom. The zero-order chi connectivity index (χ0) is 13.5. The van der Waals surface area contributed by atoms with Crippen LogP contribution >= 0.6 is 11.8 Å². The van der Waals surface area contributed by atoms with Crippen LogP contribution in [0.15, 0.2) is 64.9 Å². The first kappa shape index (κ1) is 13.0. The van der Waals surface area contributed by atoms with Crippen molar-refractivity contribution in [3.63, 3.8) is 0 Å². The summed E-state index contributed by atoms with van der Waals surface area (Å²) in [4.78, 5) is 1.00. The second-order valence-corrected chi connectivity index (χ2v) is 4.71.